The Kier molecular flexibility index (Phi) is 3.11. The topological polar surface area (TPSA) is 29.5 Å². The summed E-state index contributed by atoms with van der Waals surface area (Å²) in [5, 5.41) is 0. The highest BCUT2D eigenvalue weighted by molar-refractivity contribution is 5.70. The molecular formula is C13H13NO2. The number of nitrogens with zero attached hydrogens (tertiary/aromatic N) is 1. The van der Waals surface area contributed by atoms with E-state index in [2.05, 4.69) is 5.92 Å². The first-order valence-corrected chi connectivity index (χ1v) is 5.22. The Morgan fingerprint density at radius 3 is 2.88 bits per heavy atom. The van der Waals surface area contributed by atoms with E-state index in [-0.39, 0.29) is 12.1 Å². The maximum absolute atomic E-state index is 11.4. The van der Waals surface area contributed by atoms with Crippen LogP contribution in [-0.2, 0) is 11.2 Å². The van der Waals surface area contributed by atoms with E-state index < -0.39 is 0 Å². The molecule has 16 heavy (non-hydrogen) atoms. The van der Waals surface area contributed by atoms with Crippen molar-refractivity contribution in [3.63, 3.8) is 0 Å². The molecule has 1 aliphatic heterocycles. The lowest BCUT2D eigenvalue weighted by Crippen LogP contribution is -2.35. The third kappa shape index (κ3) is 2.17. The molecule has 1 aromatic carbocycles. The van der Waals surface area contributed by atoms with Crippen LogP contribution < -0.4 is 0 Å². The number of benzene rings is 1. The van der Waals surface area contributed by atoms with Crippen molar-refractivity contribution in [1.82, 2.24) is 4.90 Å². The summed E-state index contributed by atoms with van der Waals surface area (Å²) >= 11 is 0. The molecule has 0 bridgehead atoms. The first-order chi connectivity index (χ1) is 7.81. The summed E-state index contributed by atoms with van der Waals surface area (Å²) in [6.45, 7) is 0.742. The lowest BCUT2D eigenvalue weighted by Gasteiger charge is -2.18. The Morgan fingerprint density at radius 2 is 2.19 bits per heavy atom. The minimum atomic E-state index is -0.307. The second-order valence-corrected chi connectivity index (χ2v) is 3.75. The smallest absolute Gasteiger partial charge is 0.411 e. The second-order valence-electron chi connectivity index (χ2n) is 3.75. The number of ether oxygens (including phenoxy) is 1. The van der Waals surface area contributed by atoms with Crippen molar-refractivity contribution in [3.8, 4) is 12.3 Å². The highest BCUT2D eigenvalue weighted by Gasteiger charge is 2.31. The number of amides is 1. The maximum atomic E-state index is 11.4. The minimum absolute atomic E-state index is 0.0611. The maximum Gasteiger partial charge on any atom is 0.411 e. The van der Waals surface area contributed by atoms with Crippen molar-refractivity contribution >= 4 is 6.09 Å². The van der Waals surface area contributed by atoms with Crippen molar-refractivity contribution in [2.75, 3.05) is 13.2 Å². The molecule has 0 aromatic heterocycles. The summed E-state index contributed by atoms with van der Waals surface area (Å²) in [5.41, 5.74) is 1.19. The summed E-state index contributed by atoms with van der Waals surface area (Å²) < 4.78 is 4.99. The van der Waals surface area contributed by atoms with Gasteiger partial charge in [0, 0.05) is 0 Å². The van der Waals surface area contributed by atoms with E-state index in [1.54, 1.807) is 4.90 Å². The molecule has 3 heteroatoms. The highest BCUT2D eigenvalue weighted by atomic mass is 16.6. The van der Waals surface area contributed by atoms with Crippen LogP contribution in [0.3, 0.4) is 0 Å². The first kappa shape index (κ1) is 10.6. The van der Waals surface area contributed by atoms with E-state index in [1.807, 2.05) is 30.3 Å². The third-order valence-electron chi connectivity index (χ3n) is 2.65. The molecule has 1 aromatic rings. The Balaban J connectivity index is 2.05. The van der Waals surface area contributed by atoms with Crippen molar-refractivity contribution in [1.29, 1.82) is 0 Å². The number of hydrogen-bond donors (Lipinski definition) is 0. The second kappa shape index (κ2) is 4.71. The number of carbonyl (C=O) groups excluding carboxylic acids is 1. The van der Waals surface area contributed by atoms with E-state index in [0.717, 1.165) is 6.42 Å². The van der Waals surface area contributed by atoms with Crippen molar-refractivity contribution in [2.45, 2.75) is 12.5 Å². The minimum Gasteiger partial charge on any atom is -0.447 e. The molecule has 0 unspecified atom stereocenters. The number of rotatable bonds is 3. The van der Waals surface area contributed by atoms with Gasteiger partial charge in [0.05, 0.1) is 12.6 Å². The van der Waals surface area contributed by atoms with Crippen LogP contribution in [0.4, 0.5) is 4.79 Å². The summed E-state index contributed by atoms with van der Waals surface area (Å²) in [7, 11) is 0. The van der Waals surface area contributed by atoms with E-state index >= 15 is 0 Å². The predicted octanol–water partition coefficient (Wildman–Crippen LogP) is 1.68. The lowest BCUT2D eigenvalue weighted by atomic mass is 10.1. The molecule has 82 valence electrons. The molecule has 0 saturated carbocycles. The van der Waals surface area contributed by atoms with Gasteiger partial charge in [-0.25, -0.2) is 4.79 Å². The van der Waals surface area contributed by atoms with Crippen LogP contribution in [0.1, 0.15) is 5.56 Å². The summed E-state index contributed by atoms with van der Waals surface area (Å²) in [5.74, 6) is 2.48. The molecule has 1 fully saturated rings. The average molecular weight is 215 g/mol. The van der Waals surface area contributed by atoms with Crippen LogP contribution in [-0.4, -0.2) is 30.2 Å². The SMILES string of the molecule is C#CCN1C(=O)OC[C@H]1Cc1ccccc1. The quantitative estimate of drug-likeness (QED) is 0.718. The molecule has 1 amide bonds. The van der Waals surface area contributed by atoms with Crippen molar-refractivity contribution < 1.29 is 9.53 Å². The Morgan fingerprint density at radius 1 is 1.44 bits per heavy atom. The molecule has 0 aliphatic carbocycles. The van der Waals surface area contributed by atoms with E-state index in [0.29, 0.717) is 13.2 Å². The van der Waals surface area contributed by atoms with E-state index in [1.165, 1.54) is 5.56 Å². The van der Waals surface area contributed by atoms with Gasteiger partial charge in [-0.2, -0.15) is 0 Å². The molecule has 1 atom stereocenters. The van der Waals surface area contributed by atoms with E-state index in [4.69, 9.17) is 11.2 Å². The fourth-order valence-electron chi connectivity index (χ4n) is 1.84. The zero-order chi connectivity index (χ0) is 11.4. The normalized spacial score (nSPS) is 19.3. The van der Waals surface area contributed by atoms with Crippen LogP contribution in [0.25, 0.3) is 0 Å². The summed E-state index contributed by atoms with van der Waals surface area (Å²) in [4.78, 5) is 13.0. The van der Waals surface area contributed by atoms with Gasteiger partial charge in [0.25, 0.3) is 0 Å². The highest BCUT2D eigenvalue weighted by Crippen LogP contribution is 2.16. The van der Waals surface area contributed by atoms with Gasteiger partial charge >= 0.3 is 6.09 Å². The number of carbonyl (C=O) groups is 1. The van der Waals surface area contributed by atoms with Crippen LogP contribution in [0.15, 0.2) is 30.3 Å². The van der Waals surface area contributed by atoms with Crippen molar-refractivity contribution in [2.24, 2.45) is 0 Å². The number of hydrogen-bond acceptors (Lipinski definition) is 2. The predicted molar refractivity (Wildman–Crippen MR) is 60.8 cm³/mol. The zero-order valence-corrected chi connectivity index (χ0v) is 8.93. The lowest BCUT2D eigenvalue weighted by molar-refractivity contribution is 0.161. The molecule has 0 N–H and O–H groups in total. The van der Waals surface area contributed by atoms with Gasteiger partial charge < -0.3 is 4.74 Å². The van der Waals surface area contributed by atoms with Gasteiger partial charge in [0.1, 0.15) is 6.61 Å². The van der Waals surface area contributed by atoms with E-state index in [9.17, 15) is 4.79 Å². The van der Waals surface area contributed by atoms with Gasteiger partial charge in [0.15, 0.2) is 0 Å². The Bertz CT molecular complexity index is 408. The molecule has 1 aliphatic rings. The Hall–Kier alpha value is -1.95. The Labute approximate surface area is 95.0 Å². The van der Waals surface area contributed by atoms with Gasteiger partial charge in [-0.1, -0.05) is 36.3 Å². The molecule has 1 heterocycles. The van der Waals surface area contributed by atoms with Crippen LogP contribution in [0.5, 0.6) is 0 Å². The molecule has 2 rings (SSSR count). The summed E-state index contributed by atoms with van der Waals surface area (Å²) in [6, 6.07) is 10.1. The zero-order valence-electron chi connectivity index (χ0n) is 8.93. The summed E-state index contributed by atoms with van der Waals surface area (Å²) in [6.07, 6.45) is 5.71. The fraction of sp³-hybridized carbons (Fsp3) is 0.308. The molecule has 0 radical (unpaired) electrons. The fourth-order valence-corrected chi connectivity index (χ4v) is 1.84. The molecule has 1 saturated heterocycles. The number of terminal acetylenes is 1. The van der Waals surface area contributed by atoms with Gasteiger partial charge in [-0.05, 0) is 12.0 Å². The van der Waals surface area contributed by atoms with Gasteiger partial charge in [0.2, 0.25) is 0 Å². The molecule has 3 nitrogen and oxygen atoms in total. The largest absolute Gasteiger partial charge is 0.447 e. The van der Waals surface area contributed by atoms with Gasteiger partial charge in [-0.3, -0.25) is 4.90 Å². The first-order valence-electron chi connectivity index (χ1n) is 5.22. The van der Waals surface area contributed by atoms with Crippen molar-refractivity contribution in [3.05, 3.63) is 35.9 Å². The number of cyclic esters (lactones) is 1. The van der Waals surface area contributed by atoms with Crippen LogP contribution >= 0.6 is 0 Å². The molecular weight excluding hydrogens is 202 g/mol. The monoisotopic (exact) mass is 215 g/mol. The van der Waals surface area contributed by atoms with Crippen LogP contribution in [0.2, 0.25) is 0 Å². The van der Waals surface area contributed by atoms with Gasteiger partial charge in [-0.15, -0.1) is 6.42 Å². The molecule has 0 spiro atoms. The third-order valence-corrected chi connectivity index (χ3v) is 2.65. The van der Waals surface area contributed by atoms with Crippen LogP contribution in [0, 0.1) is 12.3 Å². The average Bonchev–Trinajstić information content (AvgIpc) is 2.64. The standard InChI is InChI=1S/C13H13NO2/c1-2-8-14-12(10-16-13(14)15)9-11-6-4-3-5-7-11/h1,3-7,12H,8-10H2/t12-/m1/s1.